The van der Waals surface area contributed by atoms with Crippen molar-refractivity contribution in [1.29, 1.82) is 0 Å². The number of rotatable bonds is 5. The molecule has 1 aliphatic rings. The van der Waals surface area contributed by atoms with E-state index in [2.05, 4.69) is 22.0 Å². The lowest BCUT2D eigenvalue weighted by Gasteiger charge is -2.31. The molecule has 1 fully saturated rings. The SMILES string of the molecule is Cc1cc(C2CCN(Cc3ccc(-c4ccccc4C(=O)O)o3)CC2)ccn1.O=CO. The van der Waals surface area contributed by atoms with Crippen LogP contribution in [-0.2, 0) is 11.3 Å². The summed E-state index contributed by atoms with van der Waals surface area (Å²) in [6.07, 6.45) is 4.15. The Morgan fingerprint density at radius 2 is 1.90 bits per heavy atom. The summed E-state index contributed by atoms with van der Waals surface area (Å²) in [5.41, 5.74) is 3.34. The largest absolute Gasteiger partial charge is 0.483 e. The number of hydrogen-bond acceptors (Lipinski definition) is 5. The Bertz CT molecular complexity index is 1020. The minimum atomic E-state index is -0.943. The van der Waals surface area contributed by atoms with Crippen molar-refractivity contribution in [3.8, 4) is 11.3 Å². The second-order valence-corrected chi connectivity index (χ2v) is 7.50. The summed E-state index contributed by atoms with van der Waals surface area (Å²) >= 11 is 0. The van der Waals surface area contributed by atoms with Gasteiger partial charge in [-0.05, 0) is 74.7 Å². The molecule has 0 atom stereocenters. The zero-order chi connectivity index (χ0) is 22.2. The second-order valence-electron chi connectivity index (χ2n) is 7.50. The third-order valence-corrected chi connectivity index (χ3v) is 5.44. The smallest absolute Gasteiger partial charge is 0.336 e. The average Bonchev–Trinajstić information content (AvgIpc) is 3.23. The summed E-state index contributed by atoms with van der Waals surface area (Å²) in [7, 11) is 0. The number of benzene rings is 1. The van der Waals surface area contributed by atoms with E-state index in [0.717, 1.165) is 43.9 Å². The van der Waals surface area contributed by atoms with Gasteiger partial charge in [-0.25, -0.2) is 4.79 Å². The number of aromatic carboxylic acids is 1. The molecule has 162 valence electrons. The number of furan rings is 1. The topological polar surface area (TPSA) is 104 Å². The molecule has 2 N–H and O–H groups in total. The molecule has 0 spiro atoms. The third kappa shape index (κ3) is 5.79. The maximum Gasteiger partial charge on any atom is 0.336 e. The maximum atomic E-state index is 11.4. The first-order valence-corrected chi connectivity index (χ1v) is 10.2. The number of pyridine rings is 1. The van der Waals surface area contributed by atoms with E-state index in [0.29, 0.717) is 17.2 Å². The van der Waals surface area contributed by atoms with Crippen LogP contribution >= 0.6 is 0 Å². The molecule has 0 aliphatic carbocycles. The van der Waals surface area contributed by atoms with Crippen LogP contribution in [0.3, 0.4) is 0 Å². The normalized spacial score (nSPS) is 14.5. The van der Waals surface area contributed by atoms with Crippen LogP contribution in [0.4, 0.5) is 0 Å². The summed E-state index contributed by atoms with van der Waals surface area (Å²) in [4.78, 5) is 26.5. The van der Waals surface area contributed by atoms with Crippen LogP contribution in [0, 0.1) is 6.92 Å². The monoisotopic (exact) mass is 422 g/mol. The molecule has 4 rings (SSSR count). The van der Waals surface area contributed by atoms with E-state index >= 15 is 0 Å². The van der Waals surface area contributed by atoms with Gasteiger partial charge in [-0.3, -0.25) is 14.7 Å². The minimum Gasteiger partial charge on any atom is -0.483 e. The number of likely N-dealkylation sites (tertiary alicyclic amines) is 1. The van der Waals surface area contributed by atoms with Crippen molar-refractivity contribution in [3.05, 3.63) is 77.3 Å². The lowest BCUT2D eigenvalue weighted by Crippen LogP contribution is -2.32. The fourth-order valence-electron chi connectivity index (χ4n) is 3.96. The first kappa shape index (κ1) is 22.2. The molecule has 0 unspecified atom stereocenters. The molecule has 7 heteroatoms. The number of hydrogen-bond donors (Lipinski definition) is 2. The number of aryl methyl sites for hydroxylation is 1. The lowest BCUT2D eigenvalue weighted by atomic mass is 9.89. The summed E-state index contributed by atoms with van der Waals surface area (Å²) < 4.78 is 5.98. The van der Waals surface area contributed by atoms with Crippen LogP contribution in [-0.4, -0.2) is 45.6 Å². The van der Waals surface area contributed by atoms with E-state index in [1.165, 1.54) is 5.56 Å². The van der Waals surface area contributed by atoms with E-state index < -0.39 is 5.97 Å². The standard InChI is InChI=1S/C23H24N2O3.CH2O2/c1-16-14-18(8-11-24-16)17-9-12-25(13-10-17)15-19-6-7-22(28-19)20-4-2-3-5-21(20)23(26)27;2-1-3/h2-8,11,14,17H,9-10,12-13,15H2,1H3,(H,26,27);1H,(H,2,3). The molecule has 0 saturated carbocycles. The van der Waals surface area contributed by atoms with Crippen LogP contribution in [0.5, 0.6) is 0 Å². The Hall–Kier alpha value is -3.45. The van der Waals surface area contributed by atoms with E-state index in [-0.39, 0.29) is 12.0 Å². The van der Waals surface area contributed by atoms with E-state index in [4.69, 9.17) is 14.3 Å². The van der Waals surface area contributed by atoms with E-state index in [1.807, 2.05) is 31.3 Å². The average molecular weight is 422 g/mol. The first-order chi connectivity index (χ1) is 15.0. The zero-order valence-electron chi connectivity index (χ0n) is 17.4. The van der Waals surface area contributed by atoms with Gasteiger partial charge in [0.2, 0.25) is 0 Å². The van der Waals surface area contributed by atoms with Crippen molar-refractivity contribution in [3.63, 3.8) is 0 Å². The molecule has 2 aromatic heterocycles. The maximum absolute atomic E-state index is 11.4. The fourth-order valence-corrected chi connectivity index (χ4v) is 3.96. The van der Waals surface area contributed by atoms with Crippen LogP contribution in [0.15, 0.2) is 59.1 Å². The van der Waals surface area contributed by atoms with Crippen molar-refractivity contribution < 1.29 is 24.2 Å². The van der Waals surface area contributed by atoms with Gasteiger partial charge < -0.3 is 14.6 Å². The molecule has 1 aliphatic heterocycles. The Kier molecular flexibility index (Phi) is 7.56. The van der Waals surface area contributed by atoms with Crippen molar-refractivity contribution in [2.45, 2.75) is 32.2 Å². The van der Waals surface area contributed by atoms with Gasteiger partial charge in [-0.1, -0.05) is 18.2 Å². The highest BCUT2D eigenvalue weighted by molar-refractivity contribution is 5.95. The van der Waals surface area contributed by atoms with Crippen molar-refractivity contribution in [1.82, 2.24) is 9.88 Å². The zero-order valence-corrected chi connectivity index (χ0v) is 17.4. The van der Waals surface area contributed by atoms with Gasteiger partial charge >= 0.3 is 5.97 Å². The Labute approximate surface area is 181 Å². The van der Waals surface area contributed by atoms with Crippen molar-refractivity contribution >= 4 is 12.4 Å². The summed E-state index contributed by atoms with van der Waals surface area (Å²) in [5, 5.41) is 16.3. The van der Waals surface area contributed by atoms with Gasteiger partial charge in [0, 0.05) is 17.5 Å². The highest BCUT2D eigenvalue weighted by Crippen LogP contribution is 2.30. The Morgan fingerprint density at radius 3 is 2.58 bits per heavy atom. The molecular weight excluding hydrogens is 396 g/mol. The van der Waals surface area contributed by atoms with Gasteiger partial charge in [0.05, 0.1) is 12.1 Å². The fraction of sp³-hybridized carbons (Fsp3) is 0.292. The van der Waals surface area contributed by atoms with Gasteiger partial charge in [0.1, 0.15) is 11.5 Å². The quantitative estimate of drug-likeness (QED) is 0.586. The van der Waals surface area contributed by atoms with Crippen molar-refractivity contribution in [2.24, 2.45) is 0 Å². The van der Waals surface area contributed by atoms with Gasteiger partial charge in [0.25, 0.3) is 6.47 Å². The molecule has 31 heavy (non-hydrogen) atoms. The lowest BCUT2D eigenvalue weighted by molar-refractivity contribution is -0.122. The Balaban J connectivity index is 0.000000858. The summed E-state index contributed by atoms with van der Waals surface area (Å²) in [6, 6.07) is 15.1. The molecule has 0 radical (unpaired) electrons. The van der Waals surface area contributed by atoms with Crippen LogP contribution in [0.2, 0.25) is 0 Å². The van der Waals surface area contributed by atoms with Crippen LogP contribution in [0.25, 0.3) is 11.3 Å². The first-order valence-electron chi connectivity index (χ1n) is 10.2. The molecule has 1 aromatic carbocycles. The predicted octanol–water partition coefficient (Wildman–Crippen LogP) is 4.43. The van der Waals surface area contributed by atoms with Gasteiger partial charge in [-0.2, -0.15) is 0 Å². The molecule has 3 aromatic rings. The second kappa shape index (κ2) is 10.5. The van der Waals surface area contributed by atoms with Gasteiger partial charge in [-0.15, -0.1) is 0 Å². The number of carbonyl (C=O) groups is 2. The number of aromatic nitrogens is 1. The molecular formula is C24H26N2O5. The van der Waals surface area contributed by atoms with Crippen molar-refractivity contribution in [2.75, 3.05) is 13.1 Å². The molecule has 7 nitrogen and oxygen atoms in total. The number of carboxylic acids is 1. The third-order valence-electron chi connectivity index (χ3n) is 5.44. The van der Waals surface area contributed by atoms with Gasteiger partial charge in [0.15, 0.2) is 0 Å². The molecule has 0 amide bonds. The van der Waals surface area contributed by atoms with E-state index in [1.54, 1.807) is 18.2 Å². The number of piperidine rings is 1. The summed E-state index contributed by atoms with van der Waals surface area (Å²) in [5.74, 6) is 1.12. The molecule has 0 bridgehead atoms. The minimum absolute atomic E-state index is 0.250. The highest BCUT2D eigenvalue weighted by atomic mass is 16.4. The predicted molar refractivity (Wildman–Crippen MR) is 116 cm³/mol. The molecule has 1 saturated heterocycles. The number of nitrogens with zero attached hydrogens (tertiary/aromatic N) is 2. The van der Waals surface area contributed by atoms with Crippen LogP contribution in [0.1, 0.15) is 46.1 Å². The Morgan fingerprint density at radius 1 is 1.19 bits per heavy atom. The van der Waals surface area contributed by atoms with E-state index in [9.17, 15) is 9.90 Å². The van der Waals surface area contributed by atoms with Crippen LogP contribution < -0.4 is 0 Å². The highest BCUT2D eigenvalue weighted by Gasteiger charge is 2.22. The number of carboxylic acid groups (broad SMARTS) is 2. The summed E-state index contributed by atoms with van der Waals surface area (Å²) in [6.45, 7) is 4.58. The molecule has 3 heterocycles.